The van der Waals surface area contributed by atoms with Gasteiger partial charge in [-0.1, -0.05) is 20.8 Å². The van der Waals surface area contributed by atoms with Crippen LogP contribution < -0.4 is 15.6 Å². The number of anilines is 1. The zero-order valence-corrected chi connectivity index (χ0v) is 21.7. The Hall–Kier alpha value is -2.38. The van der Waals surface area contributed by atoms with Crippen LogP contribution in [0.1, 0.15) is 47.3 Å². The fraction of sp³-hybridized carbons (Fsp3) is 0.714. The van der Waals surface area contributed by atoms with Crippen molar-refractivity contribution in [1.82, 2.24) is 24.6 Å². The molecular formula is C21H32FN6O7P. The van der Waals surface area contributed by atoms with Crippen LogP contribution in [0.15, 0.2) is 6.33 Å². The summed E-state index contributed by atoms with van der Waals surface area (Å²) in [6, 6.07) is -0.520. The molecule has 0 saturated carbocycles. The number of carbonyl (C=O) groups excluding carboxylic acids is 1. The summed E-state index contributed by atoms with van der Waals surface area (Å²) in [5, 5.41) is 2.77. The Balaban J connectivity index is 1.54. The molecule has 0 aromatic carbocycles. The molecule has 0 amide bonds. The van der Waals surface area contributed by atoms with Crippen molar-refractivity contribution in [2.24, 2.45) is 5.92 Å². The van der Waals surface area contributed by atoms with E-state index in [0.717, 1.165) is 0 Å². The van der Waals surface area contributed by atoms with Crippen molar-refractivity contribution in [2.45, 2.75) is 71.2 Å². The molecule has 2 aliphatic heterocycles. The molecule has 6 atom stereocenters. The normalized spacial score (nSPS) is 30.9. The highest BCUT2D eigenvalue weighted by atomic mass is 31.2. The minimum atomic E-state index is -3.95. The Morgan fingerprint density at radius 3 is 2.83 bits per heavy atom. The molecule has 0 radical (unpaired) electrons. The van der Waals surface area contributed by atoms with Crippen molar-refractivity contribution in [3.8, 4) is 5.88 Å². The topological polar surface area (TPSA) is 162 Å². The molecule has 2 fully saturated rings. The van der Waals surface area contributed by atoms with Crippen LogP contribution in [0.4, 0.5) is 10.3 Å². The number of hydrogen-bond donors (Lipinski definition) is 2. The monoisotopic (exact) mass is 530 g/mol. The number of nitrogens with two attached hydrogens (primary N) is 1. The Labute approximate surface area is 207 Å². The third-order valence-electron chi connectivity index (χ3n) is 6.01. The lowest BCUT2D eigenvalue weighted by atomic mass is 9.98. The molecule has 0 aliphatic carbocycles. The van der Waals surface area contributed by atoms with Crippen LogP contribution in [-0.2, 0) is 27.9 Å². The van der Waals surface area contributed by atoms with Gasteiger partial charge in [-0.3, -0.25) is 18.4 Å². The Bertz CT molecular complexity index is 1160. The van der Waals surface area contributed by atoms with Gasteiger partial charge in [0.1, 0.15) is 18.8 Å². The van der Waals surface area contributed by atoms with Gasteiger partial charge < -0.3 is 19.9 Å². The second kappa shape index (κ2) is 10.2. The van der Waals surface area contributed by atoms with E-state index in [1.807, 2.05) is 6.92 Å². The highest BCUT2D eigenvalue weighted by Crippen LogP contribution is 2.57. The third-order valence-corrected chi connectivity index (χ3v) is 7.69. The first-order chi connectivity index (χ1) is 17.0. The average Bonchev–Trinajstić information content (AvgIpc) is 3.34. The molecule has 13 nitrogen and oxygen atoms in total. The van der Waals surface area contributed by atoms with Gasteiger partial charge in [0, 0.05) is 0 Å². The predicted molar refractivity (Wildman–Crippen MR) is 126 cm³/mol. The van der Waals surface area contributed by atoms with Crippen LogP contribution >= 0.6 is 7.75 Å². The summed E-state index contributed by atoms with van der Waals surface area (Å²) in [5.74, 6) is -0.578. The molecule has 2 aromatic heterocycles. The number of hydrogen-bond acceptors (Lipinski definition) is 11. The molecule has 15 heteroatoms. The first-order valence-corrected chi connectivity index (χ1v) is 13.4. The molecule has 2 aromatic rings. The van der Waals surface area contributed by atoms with E-state index >= 15 is 4.39 Å². The molecule has 2 saturated heterocycles. The number of nitrogens with one attached hydrogen (secondary N) is 1. The van der Waals surface area contributed by atoms with Gasteiger partial charge in [0.2, 0.25) is 11.8 Å². The predicted octanol–water partition coefficient (Wildman–Crippen LogP) is 2.52. The second-order valence-corrected chi connectivity index (χ2v) is 10.9. The van der Waals surface area contributed by atoms with E-state index in [4.69, 9.17) is 29.0 Å². The van der Waals surface area contributed by atoms with Crippen molar-refractivity contribution in [2.75, 3.05) is 25.6 Å². The Morgan fingerprint density at radius 1 is 1.42 bits per heavy atom. The number of esters is 1. The van der Waals surface area contributed by atoms with Crippen molar-refractivity contribution in [3.63, 3.8) is 0 Å². The highest BCUT2D eigenvalue weighted by molar-refractivity contribution is 7.51. The maximum absolute atomic E-state index is 16.3. The molecule has 2 aliphatic rings. The molecular weight excluding hydrogens is 498 g/mol. The van der Waals surface area contributed by atoms with Crippen LogP contribution in [0.5, 0.6) is 5.88 Å². The number of fused-ring (bicyclic) bond motifs is 2. The average molecular weight is 530 g/mol. The number of alkyl halides is 1. The quantitative estimate of drug-likeness (QED) is 0.360. The fourth-order valence-electron chi connectivity index (χ4n) is 4.06. The van der Waals surface area contributed by atoms with E-state index in [2.05, 4.69) is 20.0 Å². The van der Waals surface area contributed by atoms with Crippen LogP contribution in [-0.4, -0.2) is 69.2 Å². The first-order valence-electron chi connectivity index (χ1n) is 11.8. The molecule has 200 valence electrons. The van der Waals surface area contributed by atoms with E-state index in [0.29, 0.717) is 18.5 Å². The van der Waals surface area contributed by atoms with E-state index in [1.165, 1.54) is 17.8 Å². The minimum absolute atomic E-state index is 0.0331. The van der Waals surface area contributed by atoms with Gasteiger partial charge in [-0.05, 0) is 20.3 Å². The first kappa shape index (κ1) is 26.7. The van der Waals surface area contributed by atoms with Gasteiger partial charge in [0.15, 0.2) is 23.1 Å². The van der Waals surface area contributed by atoms with Crippen molar-refractivity contribution in [3.05, 3.63) is 6.33 Å². The number of imidazole rings is 1. The van der Waals surface area contributed by atoms with E-state index in [-0.39, 0.29) is 42.6 Å². The summed E-state index contributed by atoms with van der Waals surface area (Å²) in [6.45, 7) is 8.44. The van der Waals surface area contributed by atoms with Gasteiger partial charge in [-0.25, -0.2) is 19.0 Å². The Morgan fingerprint density at radius 2 is 2.17 bits per heavy atom. The number of rotatable bonds is 9. The van der Waals surface area contributed by atoms with Crippen LogP contribution in [0.25, 0.3) is 11.2 Å². The van der Waals surface area contributed by atoms with E-state index in [1.54, 1.807) is 20.8 Å². The van der Waals surface area contributed by atoms with Crippen molar-refractivity contribution < 1.29 is 37.0 Å². The molecule has 3 N–H and O–H groups in total. The number of carbonyl (C=O) groups is 1. The van der Waals surface area contributed by atoms with E-state index in [9.17, 15) is 9.36 Å². The SMILES string of the molecule is CCOc1nc(N)nc2c1ncn2[C@@H]1O[C@@H]2COP(=O)(N[C@@H](CC)COC(=O)C(C)C)O[C@H]2[C@@]1(C)F. The van der Waals surface area contributed by atoms with E-state index < -0.39 is 37.9 Å². The lowest BCUT2D eigenvalue weighted by molar-refractivity contribution is -0.148. The summed E-state index contributed by atoms with van der Waals surface area (Å²) in [7, 11) is -3.95. The molecule has 4 rings (SSSR count). The van der Waals surface area contributed by atoms with Gasteiger partial charge >= 0.3 is 13.7 Å². The summed E-state index contributed by atoms with van der Waals surface area (Å²) >= 11 is 0. The molecule has 0 bridgehead atoms. The molecule has 36 heavy (non-hydrogen) atoms. The van der Waals surface area contributed by atoms with Crippen LogP contribution in [0.3, 0.4) is 0 Å². The van der Waals surface area contributed by atoms with Crippen molar-refractivity contribution >= 4 is 30.8 Å². The lowest BCUT2D eigenvalue weighted by Crippen LogP contribution is -2.47. The number of nitrogen functional groups attached to an aromatic ring is 1. The van der Waals surface area contributed by atoms with Crippen molar-refractivity contribution in [1.29, 1.82) is 0 Å². The molecule has 4 heterocycles. The fourth-order valence-corrected chi connectivity index (χ4v) is 5.95. The van der Waals surface area contributed by atoms with Gasteiger partial charge in [0.05, 0.1) is 31.5 Å². The van der Waals surface area contributed by atoms with Gasteiger partial charge in [-0.2, -0.15) is 9.97 Å². The van der Waals surface area contributed by atoms with Gasteiger partial charge in [-0.15, -0.1) is 0 Å². The smallest absolute Gasteiger partial charge is 0.406 e. The van der Waals surface area contributed by atoms with Crippen LogP contribution in [0, 0.1) is 5.92 Å². The van der Waals surface area contributed by atoms with Crippen LogP contribution in [0.2, 0.25) is 0 Å². The summed E-state index contributed by atoms with van der Waals surface area (Å²) in [4.78, 5) is 24.3. The number of ether oxygens (including phenoxy) is 3. The standard InChI is InChI=1S/C21H32FN6O7P/c1-6-12(8-32-18(29)11(3)4)27-36(30)33-9-13-15(35-36)21(5,22)19(34-13)28-10-24-14-16(28)25-20(23)26-17(14)31-7-2/h10-13,15,19H,6-9H2,1-5H3,(H,27,30)(H2,23,25,26)/t12-,13+,15+,19+,21+,36?/m0/s1. The molecule has 1 unspecified atom stereocenters. The maximum Gasteiger partial charge on any atom is 0.406 e. The zero-order chi connectivity index (χ0) is 26.3. The number of nitrogens with zero attached hydrogens (tertiary/aromatic N) is 4. The van der Waals surface area contributed by atoms with Gasteiger partial charge in [0.25, 0.3) is 0 Å². The number of halogens is 1. The summed E-state index contributed by atoms with van der Waals surface area (Å²) in [6.07, 6.45) is -1.49. The zero-order valence-electron chi connectivity index (χ0n) is 20.8. The largest absolute Gasteiger partial charge is 0.476 e. The number of aromatic nitrogens is 4. The summed E-state index contributed by atoms with van der Waals surface area (Å²) in [5.41, 5.74) is 4.18. The third kappa shape index (κ3) is 5.05. The molecule has 0 spiro atoms. The maximum atomic E-state index is 16.3. The highest BCUT2D eigenvalue weighted by Gasteiger charge is 2.61. The lowest BCUT2D eigenvalue weighted by Gasteiger charge is -2.35. The summed E-state index contributed by atoms with van der Waals surface area (Å²) < 4.78 is 58.9. The second-order valence-electron chi connectivity index (χ2n) is 9.16. The minimum Gasteiger partial charge on any atom is -0.476 e. The Kier molecular flexibility index (Phi) is 7.54.